The summed E-state index contributed by atoms with van der Waals surface area (Å²) in [4.78, 5) is 96.3. The molecule has 18 heteroatoms. The summed E-state index contributed by atoms with van der Waals surface area (Å²) in [6.07, 6.45) is 6.34. The number of rotatable bonds is 22. The van der Waals surface area contributed by atoms with E-state index in [1.807, 2.05) is 77.0 Å². The van der Waals surface area contributed by atoms with Gasteiger partial charge >= 0.3 is 17.9 Å². The third-order valence-electron chi connectivity index (χ3n) is 16.6. The minimum absolute atomic E-state index is 0. The van der Waals surface area contributed by atoms with Crippen LogP contribution in [0.5, 0.6) is 0 Å². The number of nitrogens with one attached hydrogen (secondary N) is 2. The SMILES string of the molecule is C.C.CC[C@H](C)[C@@H]([C@@H](CC(=O)N1CCC[C@H]1[C@H](OC)[C@@H](C)C(=O)N[C@@H](Cc1ccccc1)C(=O)O)OC)N(C)C(=O)[C@@H](CC(=O)[C@]1(C)CCCN1C)C(C)C.CN1CCC[C@@]1(C)C(=O)O.C[C@@]1(C(=O)O)CCCN1. The first kappa shape index (κ1) is 67.5. The van der Waals surface area contributed by atoms with E-state index in [4.69, 9.17) is 19.7 Å². The molecule has 0 spiro atoms. The molecule has 0 bridgehead atoms. The Morgan fingerprint density at radius 1 is 0.797 bits per heavy atom. The Bertz CT molecular complexity index is 1970. The lowest BCUT2D eigenvalue weighted by Crippen LogP contribution is -2.55. The van der Waals surface area contributed by atoms with Gasteiger partial charge < -0.3 is 45.2 Å². The normalized spacial score (nSPS) is 25.5. The molecule has 0 unspecified atom stereocenters. The second-order valence-electron chi connectivity index (χ2n) is 21.7. The predicted octanol–water partition coefficient (Wildman–Crippen LogP) is 6.48. The fourth-order valence-electron chi connectivity index (χ4n) is 10.8. The van der Waals surface area contributed by atoms with Crippen molar-refractivity contribution in [3.8, 4) is 0 Å². The molecule has 0 radical (unpaired) electrons. The zero-order valence-electron chi connectivity index (χ0n) is 45.7. The van der Waals surface area contributed by atoms with Gasteiger partial charge in [0.25, 0.3) is 0 Å². The molecule has 3 amide bonds. The summed E-state index contributed by atoms with van der Waals surface area (Å²) in [6, 6.07) is 7.17. The van der Waals surface area contributed by atoms with E-state index in [1.54, 1.807) is 44.7 Å². The fourth-order valence-corrected chi connectivity index (χ4v) is 10.8. The fraction of sp³-hybridized carbons (Fsp3) is 0.768. The zero-order valence-corrected chi connectivity index (χ0v) is 45.7. The van der Waals surface area contributed by atoms with Gasteiger partial charge in [-0.15, -0.1) is 0 Å². The van der Waals surface area contributed by atoms with E-state index in [1.165, 1.54) is 7.11 Å². The molecular formula is C56H98N6O12. The molecule has 4 saturated heterocycles. The van der Waals surface area contributed by atoms with E-state index >= 15 is 0 Å². The number of Topliss-reactive ketones (excluding diaryl/α,β-unsaturated/α-hetero) is 1. The summed E-state index contributed by atoms with van der Waals surface area (Å²) in [7, 11) is 8.67. The lowest BCUT2D eigenvalue weighted by molar-refractivity contribution is -0.149. The minimum Gasteiger partial charge on any atom is -0.480 e. The molecule has 1 aromatic rings. The van der Waals surface area contributed by atoms with Crippen LogP contribution in [0.4, 0.5) is 0 Å². The van der Waals surface area contributed by atoms with Gasteiger partial charge in [-0.1, -0.05) is 86.2 Å². The molecule has 5 rings (SSSR count). The molecule has 0 aromatic heterocycles. The number of methoxy groups -OCH3 is 2. The molecule has 4 fully saturated rings. The molecule has 11 atom stereocenters. The number of ketones is 1. The van der Waals surface area contributed by atoms with Crippen LogP contribution in [-0.4, -0.2) is 185 Å². The number of nitrogens with zero attached hydrogens (tertiary/aromatic N) is 4. The monoisotopic (exact) mass is 1050 g/mol. The average Bonchev–Trinajstić information content (AvgIpc) is 4.17. The molecule has 4 aliphatic heterocycles. The molecule has 0 saturated carbocycles. The number of benzene rings is 1. The molecule has 1 aromatic carbocycles. The van der Waals surface area contributed by atoms with Crippen molar-refractivity contribution in [3.05, 3.63) is 35.9 Å². The van der Waals surface area contributed by atoms with Gasteiger partial charge in [-0.2, -0.15) is 0 Å². The number of aliphatic carboxylic acids is 3. The number of hydrogen-bond donors (Lipinski definition) is 5. The lowest BCUT2D eigenvalue weighted by atomic mass is 9.81. The van der Waals surface area contributed by atoms with E-state index in [9.17, 15) is 38.7 Å². The van der Waals surface area contributed by atoms with Crippen LogP contribution in [0.25, 0.3) is 0 Å². The molecule has 4 aliphatic rings. The number of carbonyl (C=O) groups excluding carboxylic acids is 4. The van der Waals surface area contributed by atoms with Gasteiger partial charge in [0.2, 0.25) is 17.7 Å². The number of likely N-dealkylation sites (N-methyl/N-ethyl adjacent to an activating group) is 3. The maximum absolute atomic E-state index is 14.3. The van der Waals surface area contributed by atoms with Crippen LogP contribution in [0.1, 0.15) is 146 Å². The highest BCUT2D eigenvalue weighted by atomic mass is 16.5. The number of likely N-dealkylation sites (tertiary alicyclic amines) is 3. The smallest absolute Gasteiger partial charge is 0.326 e. The highest BCUT2D eigenvalue weighted by Crippen LogP contribution is 2.34. The summed E-state index contributed by atoms with van der Waals surface area (Å²) in [5.41, 5.74) is -1.02. The van der Waals surface area contributed by atoms with E-state index < -0.39 is 82.6 Å². The Morgan fingerprint density at radius 2 is 1.38 bits per heavy atom. The standard InChI is InChI=1S/C41H66N4O8.C7H13NO2.C6H11NO2.2CH4/c1-11-27(4)36(44(8)39(49)30(26(2)3)24-34(46)41(6)20-16-21-43(41)7)33(52-9)25-35(47)45-22-15-19-32(45)37(53-10)28(5)38(48)42-31(40(50)51)23-29-17-13-12-14-18-29;1-7(6(9)10)4-3-5-8(7)2;1-6(5(8)9)3-2-4-7-6;;/h12-14,17-18,26-28,30-33,36-37H,11,15-16,19-25H2,1-10H3,(H,42,48)(H,50,51);3-5H2,1-2H3,(H,9,10);7H,2-4H2,1H3,(H,8,9);2*1H4/t27-,28+,30-,31-,32-,33+,36-,37+,41-;7-;6-;;/m000../s1. The second kappa shape index (κ2) is 30.3. The molecule has 4 heterocycles. The van der Waals surface area contributed by atoms with E-state index in [-0.39, 0.29) is 63.5 Å². The summed E-state index contributed by atoms with van der Waals surface area (Å²) in [6.45, 7) is 18.3. The molecule has 424 valence electrons. The van der Waals surface area contributed by atoms with Crippen molar-refractivity contribution in [3.63, 3.8) is 0 Å². The van der Waals surface area contributed by atoms with Gasteiger partial charge in [-0.05, 0) is 123 Å². The summed E-state index contributed by atoms with van der Waals surface area (Å²) < 4.78 is 11.9. The van der Waals surface area contributed by atoms with Crippen LogP contribution in [-0.2, 0) is 49.5 Å². The van der Waals surface area contributed by atoms with Gasteiger partial charge in [-0.3, -0.25) is 38.6 Å². The van der Waals surface area contributed by atoms with Gasteiger partial charge in [0.05, 0.1) is 42.2 Å². The van der Waals surface area contributed by atoms with Crippen molar-refractivity contribution < 1.29 is 58.4 Å². The van der Waals surface area contributed by atoms with Crippen LogP contribution in [0.2, 0.25) is 0 Å². The van der Waals surface area contributed by atoms with Gasteiger partial charge in [0, 0.05) is 46.6 Å². The second-order valence-corrected chi connectivity index (χ2v) is 21.7. The zero-order chi connectivity index (χ0) is 54.3. The van der Waals surface area contributed by atoms with Gasteiger partial charge in [-0.25, -0.2) is 4.79 Å². The highest BCUT2D eigenvalue weighted by Gasteiger charge is 2.46. The predicted molar refractivity (Wildman–Crippen MR) is 289 cm³/mol. The average molecular weight is 1050 g/mol. The quantitative estimate of drug-likeness (QED) is 0.0837. The third kappa shape index (κ3) is 17.0. The Balaban J connectivity index is 0.00000108. The summed E-state index contributed by atoms with van der Waals surface area (Å²) in [5, 5.41) is 32.9. The van der Waals surface area contributed by atoms with Gasteiger partial charge in [0.1, 0.15) is 17.1 Å². The minimum atomic E-state index is -1.13. The number of hydrogen-bond acceptors (Lipinski definition) is 12. The van der Waals surface area contributed by atoms with Crippen molar-refractivity contribution in [2.24, 2.45) is 23.7 Å². The molecule has 18 nitrogen and oxygen atoms in total. The van der Waals surface area contributed by atoms with Crippen molar-refractivity contribution in [1.82, 2.24) is 30.2 Å². The molecule has 5 N–H and O–H groups in total. The number of ether oxygens (including phenoxy) is 2. The summed E-state index contributed by atoms with van der Waals surface area (Å²) >= 11 is 0. The van der Waals surface area contributed by atoms with Crippen LogP contribution >= 0.6 is 0 Å². The number of carbonyl (C=O) groups is 7. The Hall–Kier alpha value is -4.49. The first-order valence-corrected chi connectivity index (χ1v) is 26.1. The maximum Gasteiger partial charge on any atom is 0.326 e. The summed E-state index contributed by atoms with van der Waals surface area (Å²) in [5.74, 6) is -4.56. The van der Waals surface area contributed by atoms with Crippen LogP contribution in [0, 0.1) is 23.7 Å². The Morgan fingerprint density at radius 3 is 1.80 bits per heavy atom. The van der Waals surface area contributed by atoms with Crippen LogP contribution < -0.4 is 10.6 Å². The first-order valence-electron chi connectivity index (χ1n) is 26.1. The highest BCUT2D eigenvalue weighted by molar-refractivity contribution is 5.93. The van der Waals surface area contributed by atoms with Crippen molar-refractivity contribution in [1.29, 1.82) is 0 Å². The third-order valence-corrected chi connectivity index (χ3v) is 16.6. The Labute approximate surface area is 444 Å². The molecule has 0 aliphatic carbocycles. The molecule has 74 heavy (non-hydrogen) atoms. The van der Waals surface area contributed by atoms with Crippen molar-refractivity contribution in [2.45, 2.75) is 194 Å². The van der Waals surface area contributed by atoms with E-state index in [0.717, 1.165) is 76.6 Å². The molecular weight excluding hydrogens is 949 g/mol. The van der Waals surface area contributed by atoms with Crippen molar-refractivity contribution in [2.75, 3.05) is 61.5 Å². The number of carboxylic acid groups (broad SMARTS) is 3. The van der Waals surface area contributed by atoms with E-state index in [0.29, 0.717) is 13.0 Å². The lowest BCUT2D eigenvalue weighted by Gasteiger charge is -2.41. The van der Waals surface area contributed by atoms with Crippen molar-refractivity contribution >= 4 is 41.4 Å². The Kier molecular flexibility index (Phi) is 27.7. The van der Waals surface area contributed by atoms with E-state index in [2.05, 4.69) is 22.5 Å². The largest absolute Gasteiger partial charge is 0.480 e. The topological polar surface area (TPSA) is 236 Å². The van der Waals surface area contributed by atoms with Crippen LogP contribution in [0.3, 0.4) is 0 Å². The first-order chi connectivity index (χ1) is 33.7. The van der Waals surface area contributed by atoms with Crippen LogP contribution in [0.15, 0.2) is 30.3 Å². The number of amides is 3. The number of carboxylic acids is 3. The maximum atomic E-state index is 14.3. The van der Waals surface area contributed by atoms with Gasteiger partial charge in [0.15, 0.2) is 5.78 Å².